The van der Waals surface area contributed by atoms with E-state index in [1.165, 1.54) is 0 Å². The second-order valence-corrected chi connectivity index (χ2v) is 6.13. The van der Waals surface area contributed by atoms with Crippen molar-refractivity contribution >= 4 is 11.7 Å². The van der Waals surface area contributed by atoms with Gasteiger partial charge in [-0.3, -0.25) is 9.59 Å². The van der Waals surface area contributed by atoms with Crippen molar-refractivity contribution < 1.29 is 9.59 Å². The van der Waals surface area contributed by atoms with Crippen LogP contribution in [0.1, 0.15) is 44.6 Å². The first-order chi connectivity index (χ1) is 9.64. The maximum absolute atomic E-state index is 12.6. The molecule has 0 aromatic heterocycles. The van der Waals surface area contributed by atoms with Crippen molar-refractivity contribution in [3.8, 4) is 0 Å². The van der Waals surface area contributed by atoms with Crippen LogP contribution in [0.3, 0.4) is 0 Å². The summed E-state index contributed by atoms with van der Waals surface area (Å²) in [4.78, 5) is 26.8. The number of benzene rings is 1. The normalized spacial score (nSPS) is 30.2. The molecule has 3 rings (SSSR count). The summed E-state index contributed by atoms with van der Waals surface area (Å²) in [6, 6.07) is 9.98. The molecule has 1 aliphatic heterocycles. The zero-order valence-corrected chi connectivity index (χ0v) is 12.0. The van der Waals surface area contributed by atoms with Crippen LogP contribution in [0.5, 0.6) is 0 Å². The fraction of sp³-hybridized carbons (Fsp3) is 0.529. The summed E-state index contributed by atoms with van der Waals surface area (Å²) in [7, 11) is 0. The van der Waals surface area contributed by atoms with Crippen molar-refractivity contribution in [1.29, 1.82) is 0 Å². The predicted molar refractivity (Wildman–Crippen MR) is 77.0 cm³/mol. The van der Waals surface area contributed by atoms with E-state index in [2.05, 4.69) is 6.92 Å². The molecule has 0 radical (unpaired) electrons. The van der Waals surface area contributed by atoms with E-state index >= 15 is 0 Å². The van der Waals surface area contributed by atoms with Gasteiger partial charge in [-0.15, -0.1) is 0 Å². The molecule has 1 heterocycles. The van der Waals surface area contributed by atoms with Gasteiger partial charge in [0.25, 0.3) is 0 Å². The average molecular weight is 271 g/mol. The van der Waals surface area contributed by atoms with E-state index in [0.29, 0.717) is 19.4 Å². The van der Waals surface area contributed by atoms with Crippen LogP contribution in [0.25, 0.3) is 0 Å². The van der Waals surface area contributed by atoms with E-state index in [9.17, 15) is 9.59 Å². The molecule has 3 heteroatoms. The number of nitrogens with zero attached hydrogens (tertiary/aromatic N) is 1. The van der Waals surface area contributed by atoms with Crippen molar-refractivity contribution in [2.24, 2.45) is 5.92 Å². The summed E-state index contributed by atoms with van der Waals surface area (Å²) in [5.41, 5.74) is 0.582. The lowest BCUT2D eigenvalue weighted by atomic mass is 9.73. The maximum atomic E-state index is 12.6. The van der Waals surface area contributed by atoms with Crippen LogP contribution in [0.2, 0.25) is 0 Å². The molecular formula is C17H21NO2. The third kappa shape index (κ3) is 1.96. The molecule has 1 aliphatic carbocycles. The predicted octanol–water partition coefficient (Wildman–Crippen LogP) is 2.94. The topological polar surface area (TPSA) is 37.4 Å². The Bertz CT molecular complexity index is 525. The third-order valence-electron chi connectivity index (χ3n) is 4.96. The summed E-state index contributed by atoms with van der Waals surface area (Å²) in [5, 5.41) is 0. The minimum absolute atomic E-state index is 0.136. The number of hydrogen-bond acceptors (Lipinski definition) is 2. The van der Waals surface area contributed by atoms with Gasteiger partial charge >= 0.3 is 0 Å². The monoisotopic (exact) mass is 271 g/mol. The second kappa shape index (κ2) is 5.04. The number of amides is 1. The first-order valence-electron chi connectivity index (χ1n) is 7.52. The minimum atomic E-state index is -0.523. The van der Waals surface area contributed by atoms with E-state index in [-0.39, 0.29) is 17.6 Å². The van der Waals surface area contributed by atoms with E-state index in [4.69, 9.17) is 0 Å². The van der Waals surface area contributed by atoms with E-state index in [0.717, 1.165) is 24.8 Å². The average Bonchev–Trinajstić information content (AvgIpc) is 2.68. The van der Waals surface area contributed by atoms with Gasteiger partial charge in [-0.05, 0) is 24.3 Å². The Kier molecular flexibility index (Phi) is 3.36. The molecule has 1 spiro atoms. The Morgan fingerprint density at radius 1 is 1.20 bits per heavy atom. The van der Waals surface area contributed by atoms with Crippen LogP contribution in [0.4, 0.5) is 0 Å². The van der Waals surface area contributed by atoms with Crippen LogP contribution in [-0.2, 0) is 16.1 Å². The van der Waals surface area contributed by atoms with Crippen molar-refractivity contribution in [2.75, 3.05) is 0 Å². The molecule has 106 valence electrons. The largest absolute Gasteiger partial charge is 0.325 e. The zero-order chi connectivity index (χ0) is 14.2. The number of ketones is 1. The van der Waals surface area contributed by atoms with Crippen molar-refractivity contribution in [3.63, 3.8) is 0 Å². The summed E-state index contributed by atoms with van der Waals surface area (Å²) in [5.74, 6) is 0.557. The Labute approximate surface area is 120 Å². The lowest BCUT2D eigenvalue weighted by molar-refractivity contribution is -0.144. The molecule has 1 amide bonds. The van der Waals surface area contributed by atoms with E-state index in [1.807, 2.05) is 35.2 Å². The molecule has 2 unspecified atom stereocenters. The van der Waals surface area contributed by atoms with Gasteiger partial charge in [-0.25, -0.2) is 0 Å². The molecule has 0 N–H and O–H groups in total. The third-order valence-corrected chi connectivity index (χ3v) is 4.96. The number of carbonyl (C=O) groups excluding carboxylic acids is 2. The first-order valence-corrected chi connectivity index (χ1v) is 7.52. The van der Waals surface area contributed by atoms with Gasteiger partial charge in [0.15, 0.2) is 5.78 Å². The van der Waals surface area contributed by atoms with Crippen LogP contribution >= 0.6 is 0 Å². The summed E-state index contributed by atoms with van der Waals surface area (Å²) in [6.07, 6.45) is 4.00. The Hall–Kier alpha value is -1.64. The highest BCUT2D eigenvalue weighted by atomic mass is 16.2. The summed E-state index contributed by atoms with van der Waals surface area (Å²) < 4.78 is 0. The minimum Gasteiger partial charge on any atom is -0.325 e. The Balaban J connectivity index is 1.94. The molecule has 2 atom stereocenters. The number of hydrogen-bond donors (Lipinski definition) is 0. The molecular weight excluding hydrogens is 250 g/mol. The summed E-state index contributed by atoms with van der Waals surface area (Å²) in [6.45, 7) is 2.63. The molecule has 3 nitrogen and oxygen atoms in total. The number of likely N-dealkylation sites (tertiary alicyclic amines) is 1. The zero-order valence-electron chi connectivity index (χ0n) is 12.0. The van der Waals surface area contributed by atoms with Gasteiger partial charge in [0.1, 0.15) is 5.54 Å². The first kappa shape index (κ1) is 13.3. The fourth-order valence-corrected chi connectivity index (χ4v) is 3.87. The molecule has 1 saturated heterocycles. The molecule has 1 aromatic rings. The van der Waals surface area contributed by atoms with Crippen LogP contribution < -0.4 is 0 Å². The molecule has 20 heavy (non-hydrogen) atoms. The van der Waals surface area contributed by atoms with E-state index < -0.39 is 5.54 Å². The Morgan fingerprint density at radius 3 is 2.65 bits per heavy atom. The fourth-order valence-electron chi connectivity index (χ4n) is 3.87. The lowest BCUT2D eigenvalue weighted by Gasteiger charge is -2.42. The van der Waals surface area contributed by atoms with Gasteiger partial charge in [0.05, 0.1) is 0 Å². The van der Waals surface area contributed by atoms with E-state index in [1.54, 1.807) is 0 Å². The highest BCUT2D eigenvalue weighted by Crippen LogP contribution is 2.44. The molecule has 1 saturated carbocycles. The standard InChI is InChI=1S/C17H21NO2/c1-13-11-16(20)18(12-14-7-3-2-4-8-14)17(13)10-6-5-9-15(17)19/h2-4,7-8,13H,5-6,9-12H2,1H3. The Morgan fingerprint density at radius 2 is 1.95 bits per heavy atom. The summed E-state index contributed by atoms with van der Waals surface area (Å²) >= 11 is 0. The molecule has 1 aromatic carbocycles. The second-order valence-electron chi connectivity index (χ2n) is 6.13. The van der Waals surface area contributed by atoms with Crippen LogP contribution in [0, 0.1) is 5.92 Å². The molecule has 2 fully saturated rings. The molecule has 2 aliphatic rings. The highest BCUT2D eigenvalue weighted by molar-refractivity contribution is 5.97. The van der Waals surface area contributed by atoms with Crippen molar-refractivity contribution in [1.82, 2.24) is 4.90 Å². The number of Topliss-reactive ketones (excluding diaryl/α,β-unsaturated/α-hetero) is 1. The van der Waals surface area contributed by atoms with Gasteiger partial charge in [-0.2, -0.15) is 0 Å². The van der Waals surface area contributed by atoms with Crippen LogP contribution in [0.15, 0.2) is 30.3 Å². The van der Waals surface area contributed by atoms with Gasteiger partial charge in [0, 0.05) is 19.4 Å². The number of rotatable bonds is 2. The maximum Gasteiger partial charge on any atom is 0.224 e. The smallest absolute Gasteiger partial charge is 0.224 e. The van der Waals surface area contributed by atoms with Gasteiger partial charge < -0.3 is 4.90 Å². The SMILES string of the molecule is CC1CC(=O)N(Cc2ccccc2)C12CCCCC2=O. The highest BCUT2D eigenvalue weighted by Gasteiger charge is 2.55. The number of carbonyl (C=O) groups is 2. The van der Waals surface area contributed by atoms with Crippen LogP contribution in [-0.4, -0.2) is 22.1 Å². The van der Waals surface area contributed by atoms with Gasteiger partial charge in [0.2, 0.25) is 5.91 Å². The van der Waals surface area contributed by atoms with Crippen molar-refractivity contribution in [2.45, 2.75) is 51.1 Å². The molecule has 0 bridgehead atoms. The van der Waals surface area contributed by atoms with Gasteiger partial charge in [-0.1, -0.05) is 43.7 Å². The lowest BCUT2D eigenvalue weighted by Crippen LogP contribution is -2.55. The van der Waals surface area contributed by atoms with Crippen molar-refractivity contribution in [3.05, 3.63) is 35.9 Å². The quantitative estimate of drug-likeness (QED) is 0.829.